The molecule has 0 unspecified atom stereocenters. The first kappa shape index (κ1) is 21.3. The lowest BCUT2D eigenvalue weighted by atomic mass is 10.0. The molecule has 2 aromatic carbocycles. The van der Waals surface area contributed by atoms with Crippen molar-refractivity contribution in [3.63, 3.8) is 0 Å². The highest BCUT2D eigenvalue weighted by Gasteiger charge is 2.19. The number of benzene rings is 2. The molecule has 7 nitrogen and oxygen atoms in total. The lowest BCUT2D eigenvalue weighted by Gasteiger charge is -2.18. The van der Waals surface area contributed by atoms with Crippen LogP contribution in [0.4, 0.5) is 11.5 Å². The topological polar surface area (TPSA) is 90.2 Å². The van der Waals surface area contributed by atoms with Gasteiger partial charge in [-0.1, -0.05) is 24.3 Å². The Bertz CT molecular complexity index is 1210. The molecule has 0 N–H and O–H groups in total. The van der Waals surface area contributed by atoms with Crippen LogP contribution in [0.1, 0.15) is 5.69 Å². The van der Waals surface area contributed by atoms with E-state index in [9.17, 15) is 13.7 Å². The molecule has 1 aromatic heterocycles. The maximum atomic E-state index is 11.8. The normalized spacial score (nSPS) is 11.1. The van der Waals surface area contributed by atoms with Crippen LogP contribution in [-0.4, -0.2) is 52.8 Å². The molecule has 0 aliphatic carbocycles. The Morgan fingerprint density at radius 2 is 1.30 bits per heavy atom. The fourth-order valence-electron chi connectivity index (χ4n) is 2.99. The molecule has 30 heavy (non-hydrogen) atoms. The molecule has 3 rings (SSSR count). The van der Waals surface area contributed by atoms with E-state index in [0.717, 1.165) is 11.3 Å². The van der Waals surface area contributed by atoms with Crippen molar-refractivity contribution in [1.29, 1.82) is 5.26 Å². The molecule has 1 heterocycles. The highest BCUT2D eigenvalue weighted by Crippen LogP contribution is 2.33. The number of aromatic nitrogens is 2. The molecule has 0 bridgehead atoms. The fourth-order valence-corrected chi connectivity index (χ4v) is 3.62. The quantitative estimate of drug-likeness (QED) is 0.625. The van der Waals surface area contributed by atoms with Gasteiger partial charge in [-0.2, -0.15) is 5.26 Å². The molecule has 0 saturated carbocycles. The first-order chi connectivity index (χ1) is 14.1. The fraction of sp³-hybridized carbons (Fsp3) is 0.227. The number of anilines is 2. The van der Waals surface area contributed by atoms with Gasteiger partial charge >= 0.3 is 0 Å². The van der Waals surface area contributed by atoms with E-state index in [1.165, 1.54) is 6.26 Å². The second-order valence-corrected chi connectivity index (χ2v) is 9.35. The van der Waals surface area contributed by atoms with Gasteiger partial charge in [0.15, 0.2) is 21.3 Å². The lowest BCUT2D eigenvalue weighted by Crippen LogP contribution is -2.15. The molecule has 0 amide bonds. The molecule has 0 saturated heterocycles. The largest absolute Gasteiger partial charge is 0.378 e. The van der Waals surface area contributed by atoms with E-state index in [2.05, 4.69) is 11.1 Å². The Kier molecular flexibility index (Phi) is 5.76. The van der Waals surface area contributed by atoms with Crippen molar-refractivity contribution in [3.05, 3.63) is 54.2 Å². The second kappa shape index (κ2) is 8.13. The summed E-state index contributed by atoms with van der Waals surface area (Å²) in [7, 11) is 4.22. The Balaban J connectivity index is 2.24. The Morgan fingerprint density at radius 1 is 0.800 bits per heavy atom. The van der Waals surface area contributed by atoms with Crippen LogP contribution in [0.3, 0.4) is 0 Å². The average molecular weight is 422 g/mol. The summed E-state index contributed by atoms with van der Waals surface area (Å²) in [4.78, 5) is 13.3. The summed E-state index contributed by atoms with van der Waals surface area (Å²) in [6, 6.07) is 16.5. The molecule has 0 spiro atoms. The first-order valence-electron chi connectivity index (χ1n) is 9.19. The second-order valence-electron chi connectivity index (χ2n) is 7.34. The van der Waals surface area contributed by atoms with E-state index in [1.54, 1.807) is 43.3 Å². The van der Waals surface area contributed by atoms with Gasteiger partial charge in [-0.25, -0.2) is 18.4 Å². The molecule has 0 atom stereocenters. The van der Waals surface area contributed by atoms with Gasteiger partial charge in [0.05, 0.1) is 16.3 Å². The van der Waals surface area contributed by atoms with Crippen LogP contribution < -0.4 is 9.80 Å². The van der Waals surface area contributed by atoms with E-state index in [-0.39, 0.29) is 10.6 Å². The summed E-state index contributed by atoms with van der Waals surface area (Å²) in [5.41, 5.74) is 3.94. The summed E-state index contributed by atoms with van der Waals surface area (Å²) in [6.45, 7) is 0. The van der Waals surface area contributed by atoms with Gasteiger partial charge in [0, 0.05) is 51.3 Å². The molecule has 8 heteroatoms. The summed E-state index contributed by atoms with van der Waals surface area (Å²) in [5.74, 6) is 0.452. The van der Waals surface area contributed by atoms with E-state index in [4.69, 9.17) is 4.98 Å². The lowest BCUT2D eigenvalue weighted by molar-refractivity contribution is 0.602. The predicted molar refractivity (Wildman–Crippen MR) is 119 cm³/mol. The smallest absolute Gasteiger partial charge is 0.183 e. The highest BCUT2D eigenvalue weighted by molar-refractivity contribution is 7.90. The number of sulfone groups is 1. The molecule has 0 aliphatic heterocycles. The average Bonchev–Trinajstić information content (AvgIpc) is 2.72. The van der Waals surface area contributed by atoms with Crippen LogP contribution in [-0.2, 0) is 9.84 Å². The van der Waals surface area contributed by atoms with E-state index in [1.807, 2.05) is 43.3 Å². The maximum Gasteiger partial charge on any atom is 0.183 e. The number of hydrogen-bond acceptors (Lipinski definition) is 7. The Morgan fingerprint density at radius 3 is 1.73 bits per heavy atom. The molecular formula is C22H23N5O2S. The van der Waals surface area contributed by atoms with Gasteiger partial charge in [0.25, 0.3) is 0 Å². The molecular weight excluding hydrogens is 398 g/mol. The standard InChI is InChI=1S/C22H23N5O2S/c1-26(2)17-10-6-15(7-11-17)20-21(25-22(27(3)4)19(14-23)24-20)16-8-12-18(13-9-16)30(5,28)29/h6-13H,1-5H3. The molecule has 3 aromatic rings. The minimum absolute atomic E-state index is 0.225. The maximum absolute atomic E-state index is 11.8. The van der Waals surface area contributed by atoms with Crippen LogP contribution in [0.2, 0.25) is 0 Å². The third-order valence-electron chi connectivity index (χ3n) is 4.62. The van der Waals surface area contributed by atoms with Crippen molar-refractivity contribution in [2.24, 2.45) is 0 Å². The number of nitrogens with zero attached hydrogens (tertiary/aromatic N) is 5. The van der Waals surface area contributed by atoms with Crippen molar-refractivity contribution < 1.29 is 8.42 Å². The zero-order valence-corrected chi connectivity index (χ0v) is 18.4. The zero-order chi connectivity index (χ0) is 22.1. The Labute approximate surface area is 177 Å². The minimum atomic E-state index is -3.30. The third-order valence-corrected chi connectivity index (χ3v) is 5.75. The van der Waals surface area contributed by atoms with Gasteiger partial charge in [-0.15, -0.1) is 0 Å². The summed E-state index contributed by atoms with van der Waals surface area (Å²) in [5, 5.41) is 9.59. The van der Waals surface area contributed by atoms with Crippen molar-refractivity contribution in [2.75, 3.05) is 44.2 Å². The first-order valence-corrected chi connectivity index (χ1v) is 11.1. The van der Waals surface area contributed by atoms with Gasteiger partial charge in [-0.05, 0) is 24.3 Å². The van der Waals surface area contributed by atoms with Gasteiger partial charge in [-0.3, -0.25) is 0 Å². The molecule has 0 fully saturated rings. The number of nitriles is 1. The van der Waals surface area contributed by atoms with Crippen molar-refractivity contribution in [1.82, 2.24) is 9.97 Å². The summed E-state index contributed by atoms with van der Waals surface area (Å²) < 4.78 is 23.6. The highest BCUT2D eigenvalue weighted by atomic mass is 32.2. The number of hydrogen-bond donors (Lipinski definition) is 0. The molecule has 0 radical (unpaired) electrons. The van der Waals surface area contributed by atoms with Crippen molar-refractivity contribution in [2.45, 2.75) is 4.90 Å². The van der Waals surface area contributed by atoms with Gasteiger partial charge < -0.3 is 9.80 Å². The van der Waals surface area contributed by atoms with Crippen LogP contribution >= 0.6 is 0 Å². The van der Waals surface area contributed by atoms with Crippen LogP contribution in [0, 0.1) is 11.3 Å². The molecule has 154 valence electrons. The third kappa shape index (κ3) is 4.26. The van der Waals surface area contributed by atoms with E-state index >= 15 is 0 Å². The van der Waals surface area contributed by atoms with Crippen LogP contribution in [0.25, 0.3) is 22.5 Å². The SMILES string of the molecule is CN(C)c1ccc(-c2nc(C#N)c(N(C)C)nc2-c2ccc(S(C)(=O)=O)cc2)cc1. The van der Waals surface area contributed by atoms with E-state index < -0.39 is 9.84 Å². The number of rotatable bonds is 5. The molecule has 0 aliphatic rings. The van der Waals surface area contributed by atoms with Gasteiger partial charge in [0.2, 0.25) is 0 Å². The summed E-state index contributed by atoms with van der Waals surface area (Å²) >= 11 is 0. The summed E-state index contributed by atoms with van der Waals surface area (Å²) in [6.07, 6.45) is 1.17. The monoisotopic (exact) mass is 421 g/mol. The van der Waals surface area contributed by atoms with Gasteiger partial charge in [0.1, 0.15) is 6.07 Å². The Hall–Kier alpha value is -3.44. The van der Waals surface area contributed by atoms with Crippen molar-refractivity contribution in [3.8, 4) is 28.6 Å². The van der Waals surface area contributed by atoms with Crippen LogP contribution in [0.5, 0.6) is 0 Å². The van der Waals surface area contributed by atoms with Crippen LogP contribution in [0.15, 0.2) is 53.4 Å². The van der Waals surface area contributed by atoms with E-state index in [0.29, 0.717) is 22.8 Å². The van der Waals surface area contributed by atoms with Crippen molar-refractivity contribution >= 4 is 21.3 Å². The minimum Gasteiger partial charge on any atom is -0.378 e. The predicted octanol–water partition coefficient (Wildman–Crippen LogP) is 3.22. The zero-order valence-electron chi connectivity index (χ0n) is 17.6.